The predicted molar refractivity (Wildman–Crippen MR) is 62.5 cm³/mol. The SMILES string of the molecule is CCN(Cc1cc(C(=O)O)c(N)s1)C(C)=O. The lowest BCUT2D eigenvalue weighted by atomic mass is 10.3. The summed E-state index contributed by atoms with van der Waals surface area (Å²) in [4.78, 5) is 24.4. The maximum absolute atomic E-state index is 11.2. The number of nitrogens with two attached hydrogens (primary N) is 1. The van der Waals surface area contributed by atoms with E-state index < -0.39 is 5.97 Å². The van der Waals surface area contributed by atoms with E-state index in [1.165, 1.54) is 24.3 Å². The average molecular weight is 242 g/mol. The monoisotopic (exact) mass is 242 g/mol. The molecule has 0 bridgehead atoms. The molecule has 88 valence electrons. The zero-order valence-electron chi connectivity index (χ0n) is 9.19. The minimum atomic E-state index is -1.04. The first-order chi connectivity index (χ1) is 7.45. The molecule has 1 aromatic heterocycles. The Labute approximate surface area is 97.5 Å². The summed E-state index contributed by atoms with van der Waals surface area (Å²) < 4.78 is 0. The van der Waals surface area contributed by atoms with Crippen molar-refractivity contribution < 1.29 is 14.7 Å². The predicted octanol–water partition coefficient (Wildman–Crippen LogP) is 1.40. The first kappa shape index (κ1) is 12.5. The molecular weight excluding hydrogens is 228 g/mol. The highest BCUT2D eigenvalue weighted by Crippen LogP contribution is 2.26. The fourth-order valence-corrected chi connectivity index (χ4v) is 2.27. The molecular formula is C10H14N2O3S. The van der Waals surface area contributed by atoms with Gasteiger partial charge in [-0.1, -0.05) is 0 Å². The Morgan fingerprint density at radius 3 is 2.56 bits per heavy atom. The van der Waals surface area contributed by atoms with Crippen molar-refractivity contribution in [2.45, 2.75) is 20.4 Å². The Bertz CT molecular complexity index is 414. The molecule has 5 nitrogen and oxygen atoms in total. The quantitative estimate of drug-likeness (QED) is 0.835. The minimum Gasteiger partial charge on any atom is -0.478 e. The van der Waals surface area contributed by atoms with Crippen LogP contribution in [0.5, 0.6) is 0 Å². The number of carboxylic acid groups (broad SMARTS) is 1. The molecule has 0 fully saturated rings. The van der Waals surface area contributed by atoms with Crippen molar-refractivity contribution in [2.75, 3.05) is 12.3 Å². The number of amides is 1. The highest BCUT2D eigenvalue weighted by molar-refractivity contribution is 7.16. The van der Waals surface area contributed by atoms with Gasteiger partial charge in [-0.05, 0) is 13.0 Å². The Kier molecular flexibility index (Phi) is 3.89. The Balaban J connectivity index is 2.86. The van der Waals surface area contributed by atoms with Crippen LogP contribution in [0.3, 0.4) is 0 Å². The van der Waals surface area contributed by atoms with Gasteiger partial charge >= 0.3 is 5.97 Å². The molecule has 3 N–H and O–H groups in total. The van der Waals surface area contributed by atoms with E-state index in [1.54, 1.807) is 4.90 Å². The van der Waals surface area contributed by atoms with Gasteiger partial charge in [-0.15, -0.1) is 11.3 Å². The summed E-state index contributed by atoms with van der Waals surface area (Å²) in [6.45, 7) is 4.36. The van der Waals surface area contributed by atoms with Crippen molar-refractivity contribution >= 4 is 28.2 Å². The number of carboxylic acids is 1. The van der Waals surface area contributed by atoms with Crippen LogP contribution < -0.4 is 5.73 Å². The highest BCUT2D eigenvalue weighted by Gasteiger charge is 2.15. The number of aromatic carboxylic acids is 1. The van der Waals surface area contributed by atoms with Gasteiger partial charge in [0.05, 0.1) is 12.1 Å². The van der Waals surface area contributed by atoms with Gasteiger partial charge < -0.3 is 15.7 Å². The van der Waals surface area contributed by atoms with Crippen molar-refractivity contribution in [3.63, 3.8) is 0 Å². The molecule has 0 spiro atoms. The van der Waals surface area contributed by atoms with E-state index in [-0.39, 0.29) is 16.5 Å². The van der Waals surface area contributed by atoms with E-state index in [2.05, 4.69) is 0 Å². The van der Waals surface area contributed by atoms with Gasteiger partial charge in [0.15, 0.2) is 0 Å². The Hall–Kier alpha value is -1.56. The molecule has 0 unspecified atom stereocenters. The third kappa shape index (κ3) is 2.73. The smallest absolute Gasteiger partial charge is 0.338 e. The van der Waals surface area contributed by atoms with Crippen LogP contribution in [0.15, 0.2) is 6.07 Å². The van der Waals surface area contributed by atoms with Crippen LogP contribution in [0, 0.1) is 0 Å². The van der Waals surface area contributed by atoms with E-state index in [4.69, 9.17) is 10.8 Å². The van der Waals surface area contributed by atoms with Crippen molar-refractivity contribution in [2.24, 2.45) is 0 Å². The van der Waals surface area contributed by atoms with Crippen molar-refractivity contribution in [1.29, 1.82) is 0 Å². The fraction of sp³-hybridized carbons (Fsp3) is 0.400. The van der Waals surface area contributed by atoms with E-state index >= 15 is 0 Å². The molecule has 6 heteroatoms. The Morgan fingerprint density at radius 2 is 2.19 bits per heavy atom. The third-order valence-electron chi connectivity index (χ3n) is 2.22. The molecule has 1 rings (SSSR count). The van der Waals surface area contributed by atoms with E-state index in [9.17, 15) is 9.59 Å². The van der Waals surface area contributed by atoms with Crippen LogP contribution >= 0.6 is 11.3 Å². The summed E-state index contributed by atoms with van der Waals surface area (Å²) in [5, 5.41) is 9.11. The number of anilines is 1. The van der Waals surface area contributed by atoms with Gasteiger partial charge in [-0.2, -0.15) is 0 Å². The lowest BCUT2D eigenvalue weighted by molar-refractivity contribution is -0.129. The molecule has 0 aliphatic rings. The fourth-order valence-electron chi connectivity index (χ4n) is 1.34. The largest absolute Gasteiger partial charge is 0.478 e. The molecule has 16 heavy (non-hydrogen) atoms. The normalized spacial score (nSPS) is 10.1. The summed E-state index contributed by atoms with van der Waals surface area (Å²) in [6.07, 6.45) is 0. The summed E-state index contributed by atoms with van der Waals surface area (Å²) in [5.74, 6) is -1.07. The number of nitrogens with zero attached hydrogens (tertiary/aromatic N) is 1. The van der Waals surface area contributed by atoms with Crippen molar-refractivity contribution in [3.8, 4) is 0 Å². The lowest BCUT2D eigenvalue weighted by Gasteiger charge is -2.17. The number of thiophene rings is 1. The number of nitrogen functional groups attached to an aromatic ring is 1. The molecule has 0 atom stereocenters. The first-order valence-electron chi connectivity index (χ1n) is 4.82. The standard InChI is InChI=1S/C10H14N2O3S/c1-3-12(6(2)13)5-7-4-8(10(14)15)9(11)16-7/h4H,3,5,11H2,1-2H3,(H,14,15). The third-order valence-corrected chi connectivity index (χ3v) is 3.16. The van der Waals surface area contributed by atoms with Crippen LogP contribution in [-0.4, -0.2) is 28.4 Å². The van der Waals surface area contributed by atoms with Gasteiger partial charge in [-0.3, -0.25) is 4.79 Å². The van der Waals surface area contributed by atoms with Gasteiger partial charge in [-0.25, -0.2) is 4.79 Å². The molecule has 0 saturated heterocycles. The number of carbonyl (C=O) groups excluding carboxylic acids is 1. The molecule has 0 aliphatic carbocycles. The zero-order chi connectivity index (χ0) is 12.3. The van der Waals surface area contributed by atoms with Crippen LogP contribution in [0.1, 0.15) is 29.1 Å². The van der Waals surface area contributed by atoms with Crippen LogP contribution in [0.2, 0.25) is 0 Å². The summed E-state index contributed by atoms with van der Waals surface area (Å²) in [7, 11) is 0. The topological polar surface area (TPSA) is 83.6 Å². The van der Waals surface area contributed by atoms with Crippen LogP contribution in [-0.2, 0) is 11.3 Å². The van der Waals surface area contributed by atoms with Gasteiger partial charge in [0.1, 0.15) is 5.00 Å². The second-order valence-electron chi connectivity index (χ2n) is 3.33. The molecule has 0 radical (unpaired) electrons. The number of rotatable bonds is 4. The molecule has 1 heterocycles. The average Bonchev–Trinajstić information content (AvgIpc) is 2.55. The Morgan fingerprint density at radius 1 is 1.56 bits per heavy atom. The number of hydrogen-bond acceptors (Lipinski definition) is 4. The summed E-state index contributed by atoms with van der Waals surface area (Å²) in [5.41, 5.74) is 5.68. The second-order valence-corrected chi connectivity index (χ2v) is 4.50. The maximum atomic E-state index is 11.2. The molecule has 0 saturated carbocycles. The van der Waals surface area contributed by atoms with Gasteiger partial charge in [0, 0.05) is 18.3 Å². The summed E-state index contributed by atoms with van der Waals surface area (Å²) >= 11 is 1.21. The zero-order valence-corrected chi connectivity index (χ0v) is 10.0. The molecule has 0 aliphatic heterocycles. The molecule has 1 aromatic rings. The van der Waals surface area contributed by atoms with Crippen LogP contribution in [0.25, 0.3) is 0 Å². The molecule has 1 amide bonds. The number of hydrogen-bond donors (Lipinski definition) is 2. The number of carbonyl (C=O) groups is 2. The lowest BCUT2D eigenvalue weighted by Crippen LogP contribution is -2.27. The molecule has 0 aromatic carbocycles. The van der Waals surface area contributed by atoms with Crippen molar-refractivity contribution in [1.82, 2.24) is 4.90 Å². The summed E-state index contributed by atoms with van der Waals surface area (Å²) in [6, 6.07) is 1.52. The second kappa shape index (κ2) is 4.98. The van der Waals surface area contributed by atoms with Crippen LogP contribution in [0.4, 0.5) is 5.00 Å². The highest BCUT2D eigenvalue weighted by atomic mass is 32.1. The minimum absolute atomic E-state index is 0.0358. The first-order valence-corrected chi connectivity index (χ1v) is 5.64. The van der Waals surface area contributed by atoms with Gasteiger partial charge in [0.2, 0.25) is 5.91 Å². The van der Waals surface area contributed by atoms with Crippen molar-refractivity contribution in [3.05, 3.63) is 16.5 Å². The van der Waals surface area contributed by atoms with Gasteiger partial charge in [0.25, 0.3) is 0 Å². The maximum Gasteiger partial charge on any atom is 0.338 e. The van der Waals surface area contributed by atoms with E-state index in [1.807, 2.05) is 6.92 Å². The van der Waals surface area contributed by atoms with E-state index in [0.717, 1.165) is 4.88 Å². The van der Waals surface area contributed by atoms with E-state index in [0.29, 0.717) is 13.1 Å².